The van der Waals surface area contributed by atoms with Gasteiger partial charge in [0.1, 0.15) is 0 Å². The topological polar surface area (TPSA) is 42.0 Å². The van der Waals surface area contributed by atoms with Gasteiger partial charge in [-0.2, -0.15) is 0 Å². The molecule has 3 nitrogen and oxygen atoms in total. The zero-order valence-corrected chi connectivity index (χ0v) is 9.28. The van der Waals surface area contributed by atoms with Crippen LogP contribution in [0, 0.1) is 5.92 Å². The van der Waals surface area contributed by atoms with E-state index >= 15 is 0 Å². The minimum absolute atomic E-state index is 0.0378. The van der Waals surface area contributed by atoms with Crippen molar-refractivity contribution in [1.82, 2.24) is 4.98 Å². The molecule has 0 spiro atoms. The Hall–Kier alpha value is -0.900. The first-order chi connectivity index (χ1) is 6.65. The van der Waals surface area contributed by atoms with Gasteiger partial charge >= 0.3 is 0 Å². The van der Waals surface area contributed by atoms with Gasteiger partial charge in [0.05, 0.1) is 5.69 Å². The van der Waals surface area contributed by atoms with Crippen LogP contribution < -0.4 is 5.32 Å². The van der Waals surface area contributed by atoms with Crippen molar-refractivity contribution in [2.24, 2.45) is 5.92 Å². The number of nitrogens with zero attached hydrogens (tertiary/aromatic N) is 1. The Morgan fingerprint density at radius 1 is 1.64 bits per heavy atom. The summed E-state index contributed by atoms with van der Waals surface area (Å²) in [6, 6.07) is 0. The van der Waals surface area contributed by atoms with Crippen LogP contribution in [-0.4, -0.2) is 10.9 Å². The third kappa shape index (κ3) is 1.95. The molecule has 1 aromatic heterocycles. The van der Waals surface area contributed by atoms with Crippen LogP contribution in [0.1, 0.15) is 30.8 Å². The van der Waals surface area contributed by atoms with E-state index in [1.165, 1.54) is 23.9 Å². The quantitative estimate of drug-likeness (QED) is 0.772. The second-order valence-electron chi connectivity index (χ2n) is 3.92. The summed E-state index contributed by atoms with van der Waals surface area (Å²) in [6.07, 6.45) is 3.40. The highest BCUT2D eigenvalue weighted by Crippen LogP contribution is 2.31. The smallest absolute Gasteiger partial charge is 0.223 e. The average molecular weight is 210 g/mol. The molecule has 0 fully saturated rings. The Balaban J connectivity index is 2.19. The van der Waals surface area contributed by atoms with Crippen molar-refractivity contribution in [3.05, 3.63) is 10.6 Å². The molecule has 4 heteroatoms. The number of fused-ring (bicyclic) bond motifs is 1. The average Bonchev–Trinajstić information content (AvgIpc) is 2.44. The maximum absolute atomic E-state index is 10.8. The van der Waals surface area contributed by atoms with Crippen molar-refractivity contribution >= 4 is 22.4 Å². The molecule has 0 unspecified atom stereocenters. The lowest BCUT2D eigenvalue weighted by Gasteiger charge is -2.15. The highest BCUT2D eigenvalue weighted by atomic mass is 32.1. The normalized spacial score (nSPS) is 20.3. The van der Waals surface area contributed by atoms with E-state index in [-0.39, 0.29) is 5.91 Å². The molecule has 1 aliphatic rings. The first-order valence-electron chi connectivity index (χ1n) is 4.91. The fraction of sp³-hybridized carbons (Fsp3) is 0.600. The second kappa shape index (κ2) is 3.69. The molecule has 0 saturated heterocycles. The molecule has 1 aliphatic carbocycles. The van der Waals surface area contributed by atoms with E-state index in [9.17, 15) is 4.79 Å². The summed E-state index contributed by atoms with van der Waals surface area (Å²) in [5.41, 5.74) is 1.19. The molecule has 1 heterocycles. The van der Waals surface area contributed by atoms with E-state index in [4.69, 9.17) is 0 Å². The number of anilines is 1. The number of carbonyl (C=O) groups excluding carboxylic acids is 1. The number of hydrogen-bond donors (Lipinski definition) is 1. The van der Waals surface area contributed by atoms with Crippen LogP contribution in [0.2, 0.25) is 0 Å². The first kappa shape index (κ1) is 9.65. The molecule has 1 atom stereocenters. The highest BCUT2D eigenvalue weighted by molar-refractivity contribution is 7.15. The molecule has 0 saturated carbocycles. The van der Waals surface area contributed by atoms with E-state index in [0.29, 0.717) is 0 Å². The molecule has 1 aromatic rings. The minimum atomic E-state index is -0.0378. The van der Waals surface area contributed by atoms with Crippen LogP contribution >= 0.6 is 11.3 Å². The van der Waals surface area contributed by atoms with Gasteiger partial charge in [0.25, 0.3) is 0 Å². The predicted octanol–water partition coefficient (Wildman–Crippen LogP) is 2.23. The predicted molar refractivity (Wildman–Crippen MR) is 57.6 cm³/mol. The summed E-state index contributed by atoms with van der Waals surface area (Å²) in [5, 5.41) is 3.51. The number of hydrogen-bond acceptors (Lipinski definition) is 3. The van der Waals surface area contributed by atoms with Crippen molar-refractivity contribution in [2.45, 2.75) is 33.1 Å². The molecule has 1 amide bonds. The van der Waals surface area contributed by atoms with Gasteiger partial charge in [-0.15, -0.1) is 11.3 Å². The summed E-state index contributed by atoms with van der Waals surface area (Å²) in [5.74, 6) is 0.720. The van der Waals surface area contributed by atoms with Crippen LogP contribution in [0.25, 0.3) is 0 Å². The molecule has 14 heavy (non-hydrogen) atoms. The molecule has 0 radical (unpaired) electrons. The summed E-state index contributed by atoms with van der Waals surface area (Å²) in [4.78, 5) is 16.6. The largest absolute Gasteiger partial charge is 0.302 e. The maximum atomic E-state index is 10.8. The van der Waals surface area contributed by atoms with Crippen LogP contribution in [0.5, 0.6) is 0 Å². The van der Waals surface area contributed by atoms with Crippen LogP contribution in [0.4, 0.5) is 5.13 Å². The maximum Gasteiger partial charge on any atom is 0.223 e. The number of carbonyl (C=O) groups is 1. The molecule has 1 N–H and O–H groups in total. The second-order valence-corrected chi connectivity index (χ2v) is 5.00. The molecule has 2 rings (SSSR count). The molecule has 0 bridgehead atoms. The minimum Gasteiger partial charge on any atom is -0.302 e. The molecule has 76 valence electrons. The third-order valence-electron chi connectivity index (χ3n) is 2.47. The SMILES string of the molecule is CC(=O)Nc1nc2c(s1)C[C@@H](C)CC2. The van der Waals surface area contributed by atoms with E-state index < -0.39 is 0 Å². The van der Waals surface area contributed by atoms with Gasteiger partial charge in [-0.1, -0.05) is 6.92 Å². The van der Waals surface area contributed by atoms with Gasteiger partial charge < -0.3 is 5.32 Å². The Labute approximate surface area is 87.6 Å². The Morgan fingerprint density at radius 3 is 3.14 bits per heavy atom. The van der Waals surface area contributed by atoms with Gasteiger partial charge in [-0.3, -0.25) is 4.79 Å². The summed E-state index contributed by atoms with van der Waals surface area (Å²) in [7, 11) is 0. The first-order valence-corrected chi connectivity index (χ1v) is 5.73. The number of thiazole rings is 1. The lowest BCUT2D eigenvalue weighted by molar-refractivity contribution is -0.114. The van der Waals surface area contributed by atoms with Gasteiger partial charge in [0.2, 0.25) is 5.91 Å². The van der Waals surface area contributed by atoms with Gasteiger partial charge in [-0.05, 0) is 25.2 Å². The fourth-order valence-corrected chi connectivity index (χ4v) is 2.96. The summed E-state index contributed by atoms with van der Waals surface area (Å²) >= 11 is 1.62. The zero-order chi connectivity index (χ0) is 10.1. The number of rotatable bonds is 1. The zero-order valence-electron chi connectivity index (χ0n) is 8.46. The van der Waals surface area contributed by atoms with Crippen molar-refractivity contribution in [1.29, 1.82) is 0 Å². The van der Waals surface area contributed by atoms with Gasteiger partial charge in [0.15, 0.2) is 5.13 Å². The molecule has 0 aromatic carbocycles. The van der Waals surface area contributed by atoms with E-state index in [1.54, 1.807) is 11.3 Å². The van der Waals surface area contributed by atoms with Crippen LogP contribution in [-0.2, 0) is 17.6 Å². The number of aromatic nitrogens is 1. The molecular weight excluding hydrogens is 196 g/mol. The van der Waals surface area contributed by atoms with Gasteiger partial charge in [-0.25, -0.2) is 4.98 Å². The van der Waals surface area contributed by atoms with Crippen molar-refractivity contribution in [3.8, 4) is 0 Å². The number of aryl methyl sites for hydroxylation is 1. The monoisotopic (exact) mass is 210 g/mol. The highest BCUT2D eigenvalue weighted by Gasteiger charge is 2.19. The molecule has 0 aliphatic heterocycles. The fourth-order valence-electron chi connectivity index (χ4n) is 1.74. The van der Waals surface area contributed by atoms with Crippen LogP contribution in [0.3, 0.4) is 0 Å². The van der Waals surface area contributed by atoms with E-state index in [1.807, 2.05) is 0 Å². The number of amides is 1. The summed E-state index contributed by atoms with van der Waals surface area (Å²) in [6.45, 7) is 3.78. The van der Waals surface area contributed by atoms with Crippen molar-refractivity contribution in [2.75, 3.05) is 5.32 Å². The van der Waals surface area contributed by atoms with Crippen molar-refractivity contribution < 1.29 is 4.79 Å². The van der Waals surface area contributed by atoms with Gasteiger partial charge in [0, 0.05) is 11.8 Å². The lowest BCUT2D eigenvalue weighted by atomic mass is 9.93. The molecular formula is C10H14N2OS. The Kier molecular flexibility index (Phi) is 2.54. The van der Waals surface area contributed by atoms with Crippen LogP contribution in [0.15, 0.2) is 0 Å². The van der Waals surface area contributed by atoms with E-state index in [0.717, 1.165) is 23.9 Å². The standard InChI is InChI=1S/C10H14N2OS/c1-6-3-4-8-9(5-6)14-10(12-8)11-7(2)13/h6H,3-5H2,1-2H3,(H,11,12,13)/t6-/m0/s1. The lowest BCUT2D eigenvalue weighted by Crippen LogP contribution is -2.09. The summed E-state index contributed by atoms with van der Waals surface area (Å²) < 4.78 is 0. The van der Waals surface area contributed by atoms with Crippen molar-refractivity contribution in [3.63, 3.8) is 0 Å². The van der Waals surface area contributed by atoms with E-state index in [2.05, 4.69) is 17.2 Å². The third-order valence-corrected chi connectivity index (χ3v) is 3.50. The Morgan fingerprint density at radius 2 is 2.43 bits per heavy atom. The Bertz CT molecular complexity index is 359. The number of nitrogens with one attached hydrogen (secondary N) is 1.